The van der Waals surface area contributed by atoms with Crippen molar-refractivity contribution in [2.45, 2.75) is 20.8 Å². The molecular weight excluding hydrogens is 474 g/mol. The smallest absolute Gasteiger partial charge is 0.335 e. The van der Waals surface area contributed by atoms with Gasteiger partial charge in [0.05, 0.1) is 11.3 Å². The van der Waals surface area contributed by atoms with Gasteiger partial charge >= 0.3 is 5.97 Å². The number of carboxylic acids is 1. The molecule has 2 N–H and O–H groups in total. The number of halogens is 1. The molecule has 0 aliphatic carbocycles. The molecule has 1 fully saturated rings. The van der Waals surface area contributed by atoms with E-state index in [1.807, 2.05) is 31.4 Å². The normalized spacial score (nSPS) is 15.1. The van der Waals surface area contributed by atoms with Crippen LogP contribution in [0.2, 0.25) is 5.02 Å². The molecule has 1 saturated heterocycles. The standard InChI is InChI=1S/C25H20ClN3O4S/c1-13-7-8-19(12-21(13)26)29-23(31)20(22(30)27-25(29)34)11-17-9-14(2)28(15(17)3)18-6-4-5-16(10-18)24(32)33/h4-12H,1-3H3,(H,32,33)(H,27,30,34)/b20-11+. The maximum Gasteiger partial charge on any atom is 0.335 e. The number of anilines is 1. The topological polar surface area (TPSA) is 91.6 Å². The molecule has 0 spiro atoms. The molecule has 1 aromatic heterocycles. The van der Waals surface area contributed by atoms with Crippen molar-refractivity contribution in [2.75, 3.05) is 4.90 Å². The number of carboxylic acid groups (broad SMARTS) is 1. The lowest BCUT2D eigenvalue weighted by Crippen LogP contribution is -2.54. The number of nitrogens with one attached hydrogen (secondary N) is 1. The first kappa shape index (κ1) is 23.4. The minimum absolute atomic E-state index is 0.0250. The van der Waals surface area contributed by atoms with Crippen molar-refractivity contribution in [2.24, 2.45) is 0 Å². The minimum Gasteiger partial charge on any atom is -0.478 e. The average Bonchev–Trinajstić information content (AvgIpc) is 3.06. The van der Waals surface area contributed by atoms with E-state index < -0.39 is 17.8 Å². The highest BCUT2D eigenvalue weighted by molar-refractivity contribution is 7.80. The molecule has 0 radical (unpaired) electrons. The van der Waals surface area contributed by atoms with Crippen molar-refractivity contribution in [1.82, 2.24) is 9.88 Å². The number of carbonyl (C=O) groups is 3. The zero-order valence-corrected chi connectivity index (χ0v) is 20.1. The van der Waals surface area contributed by atoms with E-state index >= 15 is 0 Å². The van der Waals surface area contributed by atoms with Crippen LogP contribution in [0, 0.1) is 20.8 Å². The number of rotatable bonds is 4. The van der Waals surface area contributed by atoms with E-state index in [1.165, 1.54) is 17.0 Å². The van der Waals surface area contributed by atoms with Crippen LogP contribution in [0.5, 0.6) is 0 Å². The van der Waals surface area contributed by atoms with Gasteiger partial charge < -0.3 is 9.67 Å². The van der Waals surface area contributed by atoms with E-state index in [4.69, 9.17) is 23.8 Å². The predicted octanol–water partition coefficient (Wildman–Crippen LogP) is 4.59. The molecule has 2 amide bonds. The molecule has 0 unspecified atom stereocenters. The van der Waals surface area contributed by atoms with Gasteiger partial charge in [-0.25, -0.2) is 4.79 Å². The molecule has 172 valence electrons. The molecule has 2 heterocycles. The summed E-state index contributed by atoms with van der Waals surface area (Å²) in [6.45, 7) is 5.54. The van der Waals surface area contributed by atoms with E-state index in [1.54, 1.807) is 36.4 Å². The van der Waals surface area contributed by atoms with Gasteiger partial charge in [0.15, 0.2) is 5.11 Å². The highest BCUT2D eigenvalue weighted by Gasteiger charge is 2.35. The largest absolute Gasteiger partial charge is 0.478 e. The molecule has 0 bridgehead atoms. The molecule has 1 aliphatic heterocycles. The number of aromatic nitrogens is 1. The van der Waals surface area contributed by atoms with E-state index in [0.29, 0.717) is 22.0 Å². The number of hydrogen-bond acceptors (Lipinski definition) is 4. The van der Waals surface area contributed by atoms with Crippen molar-refractivity contribution >= 4 is 58.5 Å². The average molecular weight is 494 g/mol. The van der Waals surface area contributed by atoms with Gasteiger partial charge in [0.1, 0.15) is 5.57 Å². The Kier molecular flexibility index (Phi) is 6.12. The van der Waals surface area contributed by atoms with Gasteiger partial charge in [-0.2, -0.15) is 0 Å². The van der Waals surface area contributed by atoms with Crippen LogP contribution in [0.25, 0.3) is 11.8 Å². The minimum atomic E-state index is -1.02. The van der Waals surface area contributed by atoms with Crippen LogP contribution in [0.4, 0.5) is 5.69 Å². The van der Waals surface area contributed by atoms with E-state index in [-0.39, 0.29) is 16.2 Å². The molecule has 34 heavy (non-hydrogen) atoms. The third-order valence-electron chi connectivity index (χ3n) is 5.64. The van der Waals surface area contributed by atoms with Gasteiger partial charge in [0.2, 0.25) is 0 Å². The summed E-state index contributed by atoms with van der Waals surface area (Å²) in [5, 5.41) is 12.3. The first-order chi connectivity index (χ1) is 16.1. The van der Waals surface area contributed by atoms with Crippen LogP contribution >= 0.6 is 23.8 Å². The van der Waals surface area contributed by atoms with Gasteiger partial charge in [-0.05, 0) is 86.6 Å². The van der Waals surface area contributed by atoms with Gasteiger partial charge in [0, 0.05) is 22.1 Å². The van der Waals surface area contributed by atoms with E-state index in [9.17, 15) is 19.5 Å². The Morgan fingerprint density at radius 3 is 2.47 bits per heavy atom. The Balaban J connectivity index is 1.77. The summed E-state index contributed by atoms with van der Waals surface area (Å²) in [5.41, 5.74) is 4.24. The van der Waals surface area contributed by atoms with E-state index in [0.717, 1.165) is 17.0 Å². The number of nitrogens with zero attached hydrogens (tertiary/aromatic N) is 2. The van der Waals surface area contributed by atoms with Crippen LogP contribution < -0.4 is 10.2 Å². The highest BCUT2D eigenvalue weighted by Crippen LogP contribution is 2.28. The summed E-state index contributed by atoms with van der Waals surface area (Å²) in [6.07, 6.45) is 1.52. The van der Waals surface area contributed by atoms with Crippen LogP contribution in [-0.4, -0.2) is 32.6 Å². The van der Waals surface area contributed by atoms with Crippen molar-refractivity contribution in [1.29, 1.82) is 0 Å². The first-order valence-corrected chi connectivity index (χ1v) is 11.1. The number of aromatic carboxylic acids is 1. The molecule has 3 aromatic rings. The number of benzene rings is 2. The second-order valence-electron chi connectivity index (χ2n) is 7.91. The summed E-state index contributed by atoms with van der Waals surface area (Å²) in [4.78, 5) is 38.7. The lowest BCUT2D eigenvalue weighted by atomic mass is 10.1. The third-order valence-corrected chi connectivity index (χ3v) is 6.33. The van der Waals surface area contributed by atoms with Crippen LogP contribution in [-0.2, 0) is 9.59 Å². The predicted molar refractivity (Wildman–Crippen MR) is 135 cm³/mol. The molecule has 4 rings (SSSR count). The molecule has 1 aliphatic rings. The SMILES string of the molecule is Cc1ccc(N2C(=O)/C(=C/c3cc(C)n(-c4cccc(C(=O)O)c4)c3C)C(=O)NC2=S)cc1Cl. The van der Waals surface area contributed by atoms with Crippen LogP contribution in [0.3, 0.4) is 0 Å². The Morgan fingerprint density at radius 1 is 1.06 bits per heavy atom. The Bertz CT molecular complexity index is 1420. The fourth-order valence-corrected chi connectivity index (χ4v) is 4.33. The highest BCUT2D eigenvalue weighted by atomic mass is 35.5. The number of amides is 2. The number of thiocarbonyl (C=S) groups is 1. The van der Waals surface area contributed by atoms with Crippen molar-refractivity contribution in [3.05, 3.63) is 87.2 Å². The maximum atomic E-state index is 13.3. The van der Waals surface area contributed by atoms with Crippen molar-refractivity contribution < 1.29 is 19.5 Å². The molecule has 9 heteroatoms. The lowest BCUT2D eigenvalue weighted by Gasteiger charge is -2.29. The van der Waals surface area contributed by atoms with Crippen LogP contribution in [0.15, 0.2) is 54.1 Å². The van der Waals surface area contributed by atoms with Crippen LogP contribution in [0.1, 0.15) is 32.9 Å². The monoisotopic (exact) mass is 493 g/mol. The second-order valence-corrected chi connectivity index (χ2v) is 8.70. The van der Waals surface area contributed by atoms with Gasteiger partial charge in [-0.1, -0.05) is 23.7 Å². The summed E-state index contributed by atoms with van der Waals surface area (Å²) in [6, 6.07) is 13.5. The summed E-state index contributed by atoms with van der Waals surface area (Å²) in [5.74, 6) is -2.18. The first-order valence-electron chi connectivity index (χ1n) is 10.3. The number of aryl methyl sites for hydroxylation is 2. The summed E-state index contributed by atoms with van der Waals surface area (Å²) in [7, 11) is 0. The summed E-state index contributed by atoms with van der Waals surface area (Å²) < 4.78 is 1.87. The fourth-order valence-electron chi connectivity index (χ4n) is 3.88. The molecular formula is C25H20ClN3O4S. The molecule has 2 aromatic carbocycles. The van der Waals surface area contributed by atoms with Gasteiger partial charge in [-0.3, -0.25) is 19.8 Å². The van der Waals surface area contributed by atoms with Gasteiger partial charge in [-0.15, -0.1) is 0 Å². The number of hydrogen-bond donors (Lipinski definition) is 2. The van der Waals surface area contributed by atoms with E-state index in [2.05, 4.69) is 5.32 Å². The number of carbonyl (C=O) groups excluding carboxylic acids is 2. The van der Waals surface area contributed by atoms with Crippen molar-refractivity contribution in [3.8, 4) is 5.69 Å². The maximum absolute atomic E-state index is 13.3. The third kappa shape index (κ3) is 4.13. The quantitative estimate of drug-likeness (QED) is 0.315. The summed E-state index contributed by atoms with van der Waals surface area (Å²) >= 11 is 11.5. The Labute approximate surface area is 206 Å². The van der Waals surface area contributed by atoms with Gasteiger partial charge in [0.25, 0.3) is 11.8 Å². The second kappa shape index (κ2) is 8.89. The zero-order valence-electron chi connectivity index (χ0n) is 18.5. The lowest BCUT2D eigenvalue weighted by molar-refractivity contribution is -0.122. The fraction of sp³-hybridized carbons (Fsp3) is 0.120. The molecule has 0 saturated carbocycles. The molecule has 7 nitrogen and oxygen atoms in total. The molecule has 0 atom stereocenters. The Morgan fingerprint density at radius 2 is 1.79 bits per heavy atom. The zero-order chi connectivity index (χ0) is 24.7. The Hall–Kier alpha value is -3.75. The van der Waals surface area contributed by atoms with Crippen molar-refractivity contribution in [3.63, 3.8) is 0 Å².